The van der Waals surface area contributed by atoms with Gasteiger partial charge in [0.05, 0.1) is 27.4 Å². The first-order chi connectivity index (χ1) is 14.0. The first kappa shape index (κ1) is 19.2. The van der Waals surface area contributed by atoms with Gasteiger partial charge in [-0.2, -0.15) is 0 Å². The van der Waals surface area contributed by atoms with Crippen molar-refractivity contribution in [3.63, 3.8) is 0 Å². The lowest BCUT2D eigenvalue weighted by Crippen LogP contribution is -2.22. The van der Waals surface area contributed by atoms with Crippen LogP contribution >= 0.6 is 23.2 Å². The van der Waals surface area contributed by atoms with E-state index in [0.717, 1.165) is 0 Å². The van der Waals surface area contributed by atoms with Crippen LogP contribution in [0.3, 0.4) is 0 Å². The van der Waals surface area contributed by atoms with Crippen molar-refractivity contribution in [3.05, 3.63) is 92.7 Å². The van der Waals surface area contributed by atoms with Crippen molar-refractivity contribution in [1.29, 1.82) is 0 Å². The maximum atomic E-state index is 13.3. The number of nitrogens with one attached hydrogen (secondary N) is 1. The highest BCUT2D eigenvalue weighted by Gasteiger charge is 2.21. The highest BCUT2D eigenvalue weighted by molar-refractivity contribution is 6.37. The Morgan fingerprint density at radius 3 is 2.52 bits per heavy atom. The number of nitrogens with zero attached hydrogens (tertiary/aromatic N) is 2. The van der Waals surface area contributed by atoms with Crippen LogP contribution in [0.5, 0.6) is 0 Å². The molecule has 2 heterocycles. The molecule has 4 aromatic rings. The minimum Gasteiger partial charge on any atom is -0.330 e. The van der Waals surface area contributed by atoms with E-state index in [2.05, 4.69) is 10.3 Å². The monoisotopic (exact) mass is 423 g/mol. The number of pyridine rings is 2. The van der Waals surface area contributed by atoms with Gasteiger partial charge in [-0.3, -0.25) is 14.6 Å². The second-order valence-electron chi connectivity index (χ2n) is 6.42. The van der Waals surface area contributed by atoms with Crippen LogP contribution in [0.15, 0.2) is 71.7 Å². The number of halogens is 2. The van der Waals surface area contributed by atoms with Crippen LogP contribution in [0, 0.1) is 0 Å². The summed E-state index contributed by atoms with van der Waals surface area (Å²) < 4.78 is 1.77. The molecule has 2 aromatic carbocycles. The number of benzene rings is 2. The predicted octanol–water partition coefficient (Wildman–Crippen LogP) is 5.16. The topological polar surface area (TPSA) is 64.0 Å². The number of aryl methyl sites for hydroxylation is 1. The molecule has 0 saturated heterocycles. The van der Waals surface area contributed by atoms with E-state index in [1.165, 1.54) is 6.07 Å². The van der Waals surface area contributed by atoms with Gasteiger partial charge in [0.15, 0.2) is 0 Å². The number of carbonyl (C=O) groups is 1. The lowest BCUT2D eigenvalue weighted by Gasteiger charge is -2.18. The van der Waals surface area contributed by atoms with Gasteiger partial charge in [-0.05, 0) is 42.5 Å². The number of amides is 1. The molecule has 1 N–H and O–H groups in total. The summed E-state index contributed by atoms with van der Waals surface area (Å²) >= 11 is 12.1. The Kier molecular flexibility index (Phi) is 5.09. The molecule has 0 spiro atoms. The summed E-state index contributed by atoms with van der Waals surface area (Å²) in [5.74, 6) is -0.113. The third kappa shape index (κ3) is 3.50. The molecule has 29 heavy (non-hydrogen) atoms. The second-order valence-corrected chi connectivity index (χ2v) is 7.27. The summed E-state index contributed by atoms with van der Waals surface area (Å²) in [4.78, 5) is 30.6. The summed E-state index contributed by atoms with van der Waals surface area (Å²) in [6, 6.07) is 17.1. The molecule has 0 saturated carbocycles. The number of aromatic nitrogens is 2. The van der Waals surface area contributed by atoms with Gasteiger partial charge in [0.25, 0.3) is 5.91 Å². The minimum absolute atomic E-state index is 0.213. The molecule has 5 nitrogen and oxygen atoms in total. The molecule has 0 bridgehead atoms. The van der Waals surface area contributed by atoms with Crippen molar-refractivity contribution in [2.45, 2.75) is 0 Å². The third-order valence-corrected chi connectivity index (χ3v) is 5.19. The fraction of sp³-hybridized carbons (Fsp3) is 0.0455. The lowest BCUT2D eigenvalue weighted by atomic mass is 10.1. The van der Waals surface area contributed by atoms with Gasteiger partial charge < -0.3 is 9.88 Å². The molecule has 7 heteroatoms. The maximum absolute atomic E-state index is 13.3. The SMILES string of the molecule is Cn1c(NC(=O)c2ccc(Cl)cc2Cl)c(-c2ccccn2)c(=O)c2ccccc21. The van der Waals surface area contributed by atoms with Crippen molar-refractivity contribution < 1.29 is 4.79 Å². The average molecular weight is 424 g/mol. The number of hydrogen-bond donors (Lipinski definition) is 1. The standard InChI is InChI=1S/C22H15Cl2N3O2/c1-27-18-8-3-2-6-15(18)20(28)19(17-7-4-5-11-25-17)21(27)26-22(29)14-10-9-13(23)12-16(14)24/h2-12H,1H3,(H,26,29). The minimum atomic E-state index is -0.450. The Labute approximate surface area is 176 Å². The zero-order valence-electron chi connectivity index (χ0n) is 15.3. The zero-order valence-corrected chi connectivity index (χ0v) is 16.8. The Morgan fingerprint density at radius 1 is 1.03 bits per heavy atom. The summed E-state index contributed by atoms with van der Waals surface area (Å²) in [5, 5.41) is 4.04. The van der Waals surface area contributed by atoms with Gasteiger partial charge in [-0.15, -0.1) is 0 Å². The Balaban J connectivity index is 1.94. The van der Waals surface area contributed by atoms with E-state index < -0.39 is 5.91 Å². The molecule has 1 amide bonds. The quantitative estimate of drug-likeness (QED) is 0.494. The highest BCUT2D eigenvalue weighted by Crippen LogP contribution is 2.28. The molecule has 144 valence electrons. The smallest absolute Gasteiger partial charge is 0.258 e. The van der Waals surface area contributed by atoms with Crippen molar-refractivity contribution in [2.24, 2.45) is 7.05 Å². The number of hydrogen-bond acceptors (Lipinski definition) is 3. The molecule has 0 atom stereocenters. The van der Waals surface area contributed by atoms with Crippen LogP contribution in [0.2, 0.25) is 10.0 Å². The van der Waals surface area contributed by atoms with E-state index >= 15 is 0 Å². The summed E-state index contributed by atoms with van der Waals surface area (Å²) in [6.07, 6.45) is 1.60. The molecule has 0 aliphatic heterocycles. The van der Waals surface area contributed by atoms with Crippen LogP contribution < -0.4 is 10.7 Å². The van der Waals surface area contributed by atoms with Crippen molar-refractivity contribution in [3.8, 4) is 11.3 Å². The number of fused-ring (bicyclic) bond motifs is 1. The Bertz CT molecular complexity index is 1300. The number of rotatable bonds is 3. The normalized spacial score (nSPS) is 10.9. The van der Waals surface area contributed by atoms with Gasteiger partial charge in [0.2, 0.25) is 5.43 Å². The van der Waals surface area contributed by atoms with Crippen molar-refractivity contribution in [1.82, 2.24) is 9.55 Å². The summed E-state index contributed by atoms with van der Waals surface area (Å²) in [7, 11) is 1.79. The highest BCUT2D eigenvalue weighted by atomic mass is 35.5. The van der Waals surface area contributed by atoms with E-state index in [-0.39, 0.29) is 16.0 Å². The molecular formula is C22H15Cl2N3O2. The molecule has 0 aliphatic rings. The Morgan fingerprint density at radius 2 is 1.79 bits per heavy atom. The van der Waals surface area contributed by atoms with Crippen molar-refractivity contribution >= 4 is 45.8 Å². The second kappa shape index (κ2) is 7.70. The van der Waals surface area contributed by atoms with E-state index in [9.17, 15) is 9.59 Å². The first-order valence-electron chi connectivity index (χ1n) is 8.77. The van der Waals surface area contributed by atoms with Crippen LogP contribution in [0.1, 0.15) is 10.4 Å². The van der Waals surface area contributed by atoms with Gasteiger partial charge in [0.1, 0.15) is 5.82 Å². The number of carbonyl (C=O) groups excluding carboxylic acids is 1. The molecule has 0 fully saturated rings. The number of para-hydroxylation sites is 1. The van der Waals surface area contributed by atoms with Crippen LogP contribution in [-0.4, -0.2) is 15.5 Å². The van der Waals surface area contributed by atoms with Gasteiger partial charge >= 0.3 is 0 Å². The first-order valence-corrected chi connectivity index (χ1v) is 9.52. The largest absolute Gasteiger partial charge is 0.330 e. The van der Waals surface area contributed by atoms with E-state index in [4.69, 9.17) is 23.2 Å². The fourth-order valence-corrected chi connectivity index (χ4v) is 3.73. The van der Waals surface area contributed by atoms with E-state index in [1.807, 2.05) is 12.1 Å². The molecule has 0 unspecified atom stereocenters. The fourth-order valence-electron chi connectivity index (χ4n) is 3.23. The number of anilines is 1. The van der Waals surface area contributed by atoms with Crippen LogP contribution in [0.4, 0.5) is 5.82 Å². The zero-order chi connectivity index (χ0) is 20.5. The van der Waals surface area contributed by atoms with E-state index in [0.29, 0.717) is 33.0 Å². The van der Waals surface area contributed by atoms with Gasteiger partial charge in [-0.1, -0.05) is 41.4 Å². The Hall–Kier alpha value is -3.15. The van der Waals surface area contributed by atoms with Gasteiger partial charge in [-0.25, -0.2) is 0 Å². The lowest BCUT2D eigenvalue weighted by molar-refractivity contribution is 0.102. The van der Waals surface area contributed by atoms with Crippen molar-refractivity contribution in [2.75, 3.05) is 5.32 Å². The predicted molar refractivity (Wildman–Crippen MR) is 117 cm³/mol. The molecule has 2 aromatic heterocycles. The van der Waals surface area contributed by atoms with E-state index in [1.54, 1.807) is 60.3 Å². The van der Waals surface area contributed by atoms with Crippen LogP contribution in [-0.2, 0) is 7.05 Å². The summed E-state index contributed by atoms with van der Waals surface area (Å²) in [6.45, 7) is 0. The van der Waals surface area contributed by atoms with Crippen LogP contribution in [0.25, 0.3) is 22.2 Å². The van der Waals surface area contributed by atoms with Gasteiger partial charge in [0, 0.05) is 23.7 Å². The summed E-state index contributed by atoms with van der Waals surface area (Å²) in [5.41, 5.74) is 1.51. The maximum Gasteiger partial charge on any atom is 0.258 e. The average Bonchev–Trinajstić information content (AvgIpc) is 2.72. The molecule has 0 aliphatic carbocycles. The third-order valence-electron chi connectivity index (χ3n) is 4.64. The molecular weight excluding hydrogens is 409 g/mol. The molecule has 0 radical (unpaired) electrons. The molecule has 4 rings (SSSR count).